The average Bonchev–Trinajstić information content (AvgIpc) is 2.32. The molecule has 1 aliphatic heterocycles. The van der Waals surface area contributed by atoms with Gasteiger partial charge in [0.1, 0.15) is 0 Å². The van der Waals surface area contributed by atoms with Crippen LogP contribution in [-0.2, 0) is 0 Å². The number of hydrogen-bond acceptors (Lipinski definition) is 2. The normalized spacial score (nSPS) is 17.9. The van der Waals surface area contributed by atoms with Crippen LogP contribution in [0.25, 0.3) is 6.08 Å². The first kappa shape index (κ1) is 13.8. The third-order valence-electron chi connectivity index (χ3n) is 3.46. The molecule has 0 bridgehead atoms. The van der Waals surface area contributed by atoms with E-state index >= 15 is 0 Å². The van der Waals surface area contributed by atoms with Crippen LogP contribution in [0.15, 0.2) is 28.4 Å². The van der Waals surface area contributed by atoms with Crippen molar-refractivity contribution in [1.29, 1.82) is 0 Å². The first-order valence-corrected chi connectivity index (χ1v) is 7.30. The third-order valence-corrected chi connectivity index (χ3v) is 3.93. The van der Waals surface area contributed by atoms with E-state index in [1.165, 1.54) is 5.57 Å². The molecule has 0 amide bonds. The Morgan fingerprint density at radius 1 is 1.22 bits per heavy atom. The molecule has 0 aliphatic carbocycles. The molecule has 98 valence electrons. The van der Waals surface area contributed by atoms with Crippen LogP contribution < -0.4 is 0 Å². The lowest BCUT2D eigenvalue weighted by Crippen LogP contribution is -2.44. The standard InChI is InChI=1S/C15H21BrN2/c1-15(2,3)18-8-6-12(7-9-18)10-14-5-4-13(16)11-17-14/h4-5,10-11H,6-9H2,1-3H3. The van der Waals surface area contributed by atoms with Gasteiger partial charge in [0, 0.05) is 29.3 Å². The first-order valence-electron chi connectivity index (χ1n) is 6.51. The second-order valence-electron chi connectivity index (χ2n) is 5.86. The predicted molar refractivity (Wildman–Crippen MR) is 80.5 cm³/mol. The molecule has 2 heterocycles. The number of halogens is 1. The van der Waals surface area contributed by atoms with Crippen molar-refractivity contribution >= 4 is 22.0 Å². The number of hydrogen-bond donors (Lipinski definition) is 0. The van der Waals surface area contributed by atoms with E-state index in [1.807, 2.05) is 12.3 Å². The summed E-state index contributed by atoms with van der Waals surface area (Å²) in [6, 6.07) is 4.11. The highest BCUT2D eigenvalue weighted by Gasteiger charge is 2.24. The van der Waals surface area contributed by atoms with Crippen LogP contribution in [-0.4, -0.2) is 28.5 Å². The zero-order valence-electron chi connectivity index (χ0n) is 11.4. The average molecular weight is 309 g/mol. The summed E-state index contributed by atoms with van der Waals surface area (Å²) in [6.45, 7) is 9.19. The molecule has 1 saturated heterocycles. The van der Waals surface area contributed by atoms with E-state index in [9.17, 15) is 0 Å². The summed E-state index contributed by atoms with van der Waals surface area (Å²) in [6.07, 6.45) is 6.42. The highest BCUT2D eigenvalue weighted by Crippen LogP contribution is 2.24. The summed E-state index contributed by atoms with van der Waals surface area (Å²) in [5.74, 6) is 0. The summed E-state index contributed by atoms with van der Waals surface area (Å²) in [7, 11) is 0. The van der Waals surface area contributed by atoms with Gasteiger partial charge in [0.05, 0.1) is 5.69 Å². The lowest BCUT2D eigenvalue weighted by atomic mass is 9.97. The van der Waals surface area contributed by atoms with E-state index in [-0.39, 0.29) is 0 Å². The van der Waals surface area contributed by atoms with Crippen LogP contribution in [0, 0.1) is 0 Å². The van der Waals surface area contributed by atoms with Crippen molar-refractivity contribution in [2.75, 3.05) is 13.1 Å². The molecular formula is C15H21BrN2. The molecule has 0 aromatic carbocycles. The summed E-state index contributed by atoms with van der Waals surface area (Å²) in [4.78, 5) is 6.96. The van der Waals surface area contributed by atoms with Gasteiger partial charge in [0.2, 0.25) is 0 Å². The molecule has 0 spiro atoms. The second-order valence-corrected chi connectivity index (χ2v) is 6.78. The maximum absolute atomic E-state index is 4.40. The minimum absolute atomic E-state index is 0.293. The minimum atomic E-state index is 0.293. The number of rotatable bonds is 1. The predicted octanol–water partition coefficient (Wildman–Crippen LogP) is 4.12. The SMILES string of the molecule is CC(C)(C)N1CCC(=Cc2ccc(Br)cn2)CC1. The monoisotopic (exact) mass is 308 g/mol. The zero-order valence-corrected chi connectivity index (χ0v) is 13.0. The first-order chi connectivity index (χ1) is 8.45. The van der Waals surface area contributed by atoms with E-state index in [2.05, 4.69) is 58.7 Å². The van der Waals surface area contributed by atoms with Gasteiger partial charge in [-0.1, -0.05) is 5.57 Å². The van der Waals surface area contributed by atoms with Crippen molar-refractivity contribution in [2.45, 2.75) is 39.2 Å². The molecule has 18 heavy (non-hydrogen) atoms. The molecule has 0 atom stereocenters. The van der Waals surface area contributed by atoms with Crippen LogP contribution in [0.4, 0.5) is 0 Å². The molecular weight excluding hydrogens is 288 g/mol. The van der Waals surface area contributed by atoms with E-state index < -0.39 is 0 Å². The van der Waals surface area contributed by atoms with Crippen LogP contribution >= 0.6 is 15.9 Å². The van der Waals surface area contributed by atoms with Gasteiger partial charge in [-0.05, 0) is 67.8 Å². The topological polar surface area (TPSA) is 16.1 Å². The Kier molecular flexibility index (Phi) is 4.23. The Morgan fingerprint density at radius 2 is 1.89 bits per heavy atom. The second kappa shape index (κ2) is 5.54. The molecule has 0 saturated carbocycles. The fourth-order valence-electron chi connectivity index (χ4n) is 2.29. The van der Waals surface area contributed by atoms with Gasteiger partial charge < -0.3 is 0 Å². The highest BCUT2D eigenvalue weighted by atomic mass is 79.9. The van der Waals surface area contributed by atoms with Crippen LogP contribution in [0.2, 0.25) is 0 Å². The number of piperidine rings is 1. The molecule has 3 heteroatoms. The van der Waals surface area contributed by atoms with E-state index in [0.29, 0.717) is 5.54 Å². The van der Waals surface area contributed by atoms with Crippen LogP contribution in [0.5, 0.6) is 0 Å². The molecule has 2 rings (SSSR count). The lowest BCUT2D eigenvalue weighted by Gasteiger charge is -2.39. The van der Waals surface area contributed by atoms with Gasteiger partial charge in [0.15, 0.2) is 0 Å². The van der Waals surface area contributed by atoms with Gasteiger partial charge >= 0.3 is 0 Å². The Labute approximate surface area is 118 Å². The molecule has 1 aromatic rings. The zero-order chi connectivity index (χ0) is 13.2. The van der Waals surface area contributed by atoms with Gasteiger partial charge in [-0.3, -0.25) is 9.88 Å². The van der Waals surface area contributed by atoms with Gasteiger partial charge in [-0.2, -0.15) is 0 Å². The Bertz CT molecular complexity index is 419. The van der Waals surface area contributed by atoms with E-state index in [1.54, 1.807) is 0 Å². The van der Waals surface area contributed by atoms with Gasteiger partial charge in [-0.15, -0.1) is 0 Å². The molecule has 1 fully saturated rings. The van der Waals surface area contributed by atoms with Crippen molar-refractivity contribution in [3.63, 3.8) is 0 Å². The number of pyridine rings is 1. The smallest absolute Gasteiger partial charge is 0.0630 e. The molecule has 0 unspecified atom stereocenters. The largest absolute Gasteiger partial charge is 0.298 e. The van der Waals surface area contributed by atoms with Crippen LogP contribution in [0.3, 0.4) is 0 Å². The van der Waals surface area contributed by atoms with Crippen molar-refractivity contribution < 1.29 is 0 Å². The number of likely N-dealkylation sites (tertiary alicyclic amines) is 1. The molecule has 1 aromatic heterocycles. The quantitative estimate of drug-likeness (QED) is 0.775. The molecule has 0 radical (unpaired) electrons. The van der Waals surface area contributed by atoms with Gasteiger partial charge in [0.25, 0.3) is 0 Å². The van der Waals surface area contributed by atoms with Crippen LogP contribution in [0.1, 0.15) is 39.3 Å². The summed E-state index contributed by atoms with van der Waals surface area (Å²) in [5, 5.41) is 0. The Balaban J connectivity index is 1.99. The van der Waals surface area contributed by atoms with E-state index in [0.717, 1.165) is 36.1 Å². The van der Waals surface area contributed by atoms with Gasteiger partial charge in [-0.25, -0.2) is 0 Å². The summed E-state index contributed by atoms with van der Waals surface area (Å²) < 4.78 is 1.03. The minimum Gasteiger partial charge on any atom is -0.298 e. The summed E-state index contributed by atoms with van der Waals surface area (Å²) >= 11 is 3.41. The molecule has 2 nitrogen and oxygen atoms in total. The number of aromatic nitrogens is 1. The third kappa shape index (κ3) is 3.66. The van der Waals surface area contributed by atoms with E-state index in [4.69, 9.17) is 0 Å². The molecule has 0 N–H and O–H groups in total. The maximum Gasteiger partial charge on any atom is 0.0630 e. The molecule has 1 aliphatic rings. The Hall–Kier alpha value is -0.670. The van der Waals surface area contributed by atoms with Crippen molar-refractivity contribution in [2.24, 2.45) is 0 Å². The Morgan fingerprint density at radius 3 is 2.39 bits per heavy atom. The fourth-order valence-corrected chi connectivity index (χ4v) is 2.53. The fraction of sp³-hybridized carbons (Fsp3) is 0.533. The van der Waals surface area contributed by atoms with Crippen molar-refractivity contribution in [1.82, 2.24) is 9.88 Å². The van der Waals surface area contributed by atoms with Crippen molar-refractivity contribution in [3.05, 3.63) is 34.1 Å². The maximum atomic E-state index is 4.40. The highest BCUT2D eigenvalue weighted by molar-refractivity contribution is 9.10. The lowest BCUT2D eigenvalue weighted by molar-refractivity contribution is 0.126. The summed E-state index contributed by atoms with van der Waals surface area (Å²) in [5.41, 5.74) is 2.88. The van der Waals surface area contributed by atoms with Crippen molar-refractivity contribution in [3.8, 4) is 0 Å². The number of nitrogens with zero attached hydrogens (tertiary/aromatic N) is 2.